The number of anilines is 2. The van der Waals surface area contributed by atoms with Gasteiger partial charge in [-0.15, -0.1) is 0 Å². The molecule has 1 aliphatic heterocycles. The molecule has 1 aromatic heterocycles. The zero-order valence-electron chi connectivity index (χ0n) is 12.2. The molecule has 1 aliphatic rings. The first kappa shape index (κ1) is 14.6. The fraction of sp³-hybridized carbons (Fsp3) is 0.571. The van der Waals surface area contributed by atoms with E-state index in [0.29, 0.717) is 11.4 Å². The number of rotatable bonds is 4. The maximum atomic E-state index is 8.98. The minimum absolute atomic E-state index is 0.317. The van der Waals surface area contributed by atoms with Crippen LogP contribution in [0.1, 0.15) is 5.69 Å². The molecule has 0 radical (unpaired) electrons. The normalized spacial score (nSPS) is 16.4. The molecule has 1 saturated heterocycles. The molecule has 1 fully saturated rings. The maximum Gasteiger partial charge on any atom is 0.165 e. The maximum absolute atomic E-state index is 8.98. The smallest absolute Gasteiger partial charge is 0.165 e. The molecule has 0 unspecified atom stereocenters. The van der Waals surface area contributed by atoms with Crippen molar-refractivity contribution in [1.29, 1.82) is 5.26 Å². The molecular weight excluding hydrogens is 252 g/mol. The van der Waals surface area contributed by atoms with Crippen LogP contribution in [0.15, 0.2) is 12.1 Å². The molecule has 20 heavy (non-hydrogen) atoms. The van der Waals surface area contributed by atoms with E-state index in [2.05, 4.69) is 33.8 Å². The second-order valence-corrected chi connectivity index (χ2v) is 5.35. The number of nitrogen functional groups attached to an aromatic ring is 1. The van der Waals surface area contributed by atoms with Crippen LogP contribution < -0.4 is 10.6 Å². The Morgan fingerprint density at radius 1 is 1.30 bits per heavy atom. The van der Waals surface area contributed by atoms with Crippen molar-refractivity contribution in [2.24, 2.45) is 0 Å². The summed E-state index contributed by atoms with van der Waals surface area (Å²) < 4.78 is 0. The van der Waals surface area contributed by atoms with Gasteiger partial charge in [-0.05, 0) is 26.2 Å². The highest BCUT2D eigenvalue weighted by Crippen LogP contribution is 2.17. The topological polar surface area (TPSA) is 72.4 Å². The van der Waals surface area contributed by atoms with E-state index >= 15 is 0 Å². The fourth-order valence-corrected chi connectivity index (χ4v) is 2.27. The van der Waals surface area contributed by atoms with E-state index in [-0.39, 0.29) is 0 Å². The van der Waals surface area contributed by atoms with E-state index in [1.54, 1.807) is 6.07 Å². The number of aromatic nitrogens is 1. The summed E-state index contributed by atoms with van der Waals surface area (Å²) in [6, 6.07) is 5.70. The van der Waals surface area contributed by atoms with Crippen molar-refractivity contribution in [3.63, 3.8) is 0 Å². The molecule has 0 aliphatic carbocycles. The third-order valence-electron chi connectivity index (χ3n) is 3.58. The molecule has 1 aromatic rings. The van der Waals surface area contributed by atoms with E-state index in [1.807, 2.05) is 12.1 Å². The second-order valence-electron chi connectivity index (χ2n) is 5.35. The van der Waals surface area contributed by atoms with Crippen molar-refractivity contribution in [2.75, 3.05) is 64.0 Å². The van der Waals surface area contributed by atoms with Crippen LogP contribution in [0.3, 0.4) is 0 Å². The molecule has 0 amide bonds. The molecule has 0 atom stereocenters. The Hall–Kier alpha value is -1.84. The van der Waals surface area contributed by atoms with Crippen molar-refractivity contribution in [3.8, 4) is 6.07 Å². The van der Waals surface area contributed by atoms with Gasteiger partial charge in [0.25, 0.3) is 0 Å². The van der Waals surface area contributed by atoms with Gasteiger partial charge in [-0.2, -0.15) is 5.26 Å². The number of hydrogen-bond donors (Lipinski definition) is 1. The van der Waals surface area contributed by atoms with Gasteiger partial charge in [-0.25, -0.2) is 4.98 Å². The first-order chi connectivity index (χ1) is 9.60. The van der Waals surface area contributed by atoms with Crippen molar-refractivity contribution in [3.05, 3.63) is 17.8 Å². The van der Waals surface area contributed by atoms with Gasteiger partial charge < -0.3 is 15.5 Å². The largest absolute Gasteiger partial charge is 0.396 e. The first-order valence-corrected chi connectivity index (χ1v) is 6.89. The number of nitriles is 1. The first-order valence-electron chi connectivity index (χ1n) is 6.89. The van der Waals surface area contributed by atoms with Crippen molar-refractivity contribution < 1.29 is 0 Å². The molecule has 108 valence electrons. The summed E-state index contributed by atoms with van der Waals surface area (Å²) in [5.74, 6) is 0.850. The van der Waals surface area contributed by atoms with Gasteiger partial charge in [0.15, 0.2) is 5.69 Å². The van der Waals surface area contributed by atoms with Gasteiger partial charge >= 0.3 is 0 Å². The Kier molecular flexibility index (Phi) is 4.77. The minimum Gasteiger partial charge on any atom is -0.396 e. The van der Waals surface area contributed by atoms with E-state index in [0.717, 1.165) is 45.1 Å². The van der Waals surface area contributed by atoms with Gasteiger partial charge in [0, 0.05) is 39.3 Å². The monoisotopic (exact) mass is 274 g/mol. The Labute approximate surface area is 120 Å². The predicted octanol–water partition coefficient (Wildman–Crippen LogP) is 0.219. The van der Waals surface area contributed by atoms with Crippen LogP contribution in [0.2, 0.25) is 0 Å². The molecule has 0 bridgehead atoms. The molecule has 0 aromatic carbocycles. The molecule has 2 N–H and O–H groups in total. The SMILES string of the molecule is CN(C)CCN1CCN(c2ccc(N)c(C#N)n2)CC1. The van der Waals surface area contributed by atoms with Crippen LogP contribution >= 0.6 is 0 Å². The summed E-state index contributed by atoms with van der Waals surface area (Å²) in [4.78, 5) is 11.2. The lowest BCUT2D eigenvalue weighted by atomic mass is 10.2. The van der Waals surface area contributed by atoms with Crippen molar-refractivity contribution in [2.45, 2.75) is 0 Å². The Balaban J connectivity index is 1.92. The van der Waals surface area contributed by atoms with Crippen molar-refractivity contribution in [1.82, 2.24) is 14.8 Å². The molecule has 6 heteroatoms. The molecule has 0 spiro atoms. The van der Waals surface area contributed by atoms with E-state index < -0.39 is 0 Å². The molecule has 6 nitrogen and oxygen atoms in total. The zero-order chi connectivity index (χ0) is 14.5. The molecule has 2 rings (SSSR count). The number of piperazine rings is 1. The summed E-state index contributed by atoms with van der Waals surface area (Å²) >= 11 is 0. The summed E-state index contributed by atoms with van der Waals surface area (Å²) in [6.45, 7) is 6.12. The standard InChI is InChI=1S/C14H22N6/c1-18(2)5-6-19-7-9-20(10-8-19)14-4-3-12(16)13(11-15)17-14/h3-4H,5-10,16H2,1-2H3. The summed E-state index contributed by atoms with van der Waals surface area (Å²) in [7, 11) is 4.19. The summed E-state index contributed by atoms with van der Waals surface area (Å²) in [5.41, 5.74) is 6.47. The van der Waals surface area contributed by atoms with Crippen LogP contribution in [-0.4, -0.2) is 68.1 Å². The Bertz CT molecular complexity index is 485. The predicted molar refractivity (Wildman–Crippen MR) is 80.6 cm³/mol. The van der Waals surface area contributed by atoms with Gasteiger partial charge in [-0.3, -0.25) is 4.90 Å². The van der Waals surface area contributed by atoms with E-state index in [1.165, 1.54) is 0 Å². The Morgan fingerprint density at radius 2 is 2.00 bits per heavy atom. The van der Waals surface area contributed by atoms with Crippen molar-refractivity contribution >= 4 is 11.5 Å². The number of pyridine rings is 1. The summed E-state index contributed by atoms with van der Waals surface area (Å²) in [6.07, 6.45) is 0. The lowest BCUT2D eigenvalue weighted by Crippen LogP contribution is -2.48. The average Bonchev–Trinajstić information content (AvgIpc) is 2.46. The number of nitrogens with two attached hydrogens (primary N) is 1. The molecular formula is C14H22N6. The number of hydrogen-bond acceptors (Lipinski definition) is 6. The fourth-order valence-electron chi connectivity index (χ4n) is 2.27. The van der Waals surface area contributed by atoms with Crippen LogP contribution in [-0.2, 0) is 0 Å². The minimum atomic E-state index is 0.317. The van der Waals surface area contributed by atoms with Gasteiger partial charge in [0.2, 0.25) is 0 Å². The molecule has 2 heterocycles. The highest BCUT2D eigenvalue weighted by molar-refractivity contribution is 5.55. The van der Waals surface area contributed by atoms with Crippen LogP contribution in [0.5, 0.6) is 0 Å². The van der Waals surface area contributed by atoms with Gasteiger partial charge in [0.1, 0.15) is 11.9 Å². The van der Waals surface area contributed by atoms with Gasteiger partial charge in [0.05, 0.1) is 5.69 Å². The van der Waals surface area contributed by atoms with Crippen LogP contribution in [0, 0.1) is 11.3 Å². The van der Waals surface area contributed by atoms with Crippen LogP contribution in [0.4, 0.5) is 11.5 Å². The van der Waals surface area contributed by atoms with E-state index in [4.69, 9.17) is 11.0 Å². The zero-order valence-corrected chi connectivity index (χ0v) is 12.2. The number of likely N-dealkylation sites (N-methyl/N-ethyl adjacent to an activating group) is 1. The van der Waals surface area contributed by atoms with Gasteiger partial charge in [-0.1, -0.05) is 0 Å². The van der Waals surface area contributed by atoms with E-state index in [9.17, 15) is 0 Å². The second kappa shape index (κ2) is 6.55. The number of nitrogens with zero attached hydrogens (tertiary/aromatic N) is 5. The average molecular weight is 274 g/mol. The lowest BCUT2D eigenvalue weighted by molar-refractivity contribution is 0.229. The third kappa shape index (κ3) is 3.59. The molecule has 0 saturated carbocycles. The highest BCUT2D eigenvalue weighted by atomic mass is 15.3. The summed E-state index contributed by atoms with van der Waals surface area (Å²) in [5, 5.41) is 8.98. The highest BCUT2D eigenvalue weighted by Gasteiger charge is 2.18. The lowest BCUT2D eigenvalue weighted by Gasteiger charge is -2.35. The van der Waals surface area contributed by atoms with Crippen LogP contribution in [0.25, 0.3) is 0 Å². The third-order valence-corrected chi connectivity index (χ3v) is 3.58. The quantitative estimate of drug-likeness (QED) is 0.847. The Morgan fingerprint density at radius 3 is 2.60 bits per heavy atom.